The normalized spacial score (nSPS) is 11.2. The van der Waals surface area contributed by atoms with Crippen molar-refractivity contribution in [2.45, 2.75) is 5.03 Å². The van der Waals surface area contributed by atoms with E-state index in [1.807, 2.05) is 4.72 Å². The lowest BCUT2D eigenvalue weighted by Gasteiger charge is -2.09. The average molecular weight is 285 g/mol. The Morgan fingerprint density at radius 3 is 2.68 bits per heavy atom. The van der Waals surface area contributed by atoms with Crippen LogP contribution in [0.4, 0.5) is 10.1 Å². The zero-order valence-corrected chi connectivity index (χ0v) is 10.1. The molecule has 0 saturated carbocycles. The summed E-state index contributed by atoms with van der Waals surface area (Å²) in [5.41, 5.74) is -1.10. The fourth-order valence-electron chi connectivity index (χ4n) is 1.42. The highest BCUT2D eigenvalue weighted by Crippen LogP contribution is 2.21. The molecule has 3 N–H and O–H groups in total. The molecule has 0 fully saturated rings. The Labute approximate surface area is 107 Å². The highest BCUT2D eigenvalue weighted by Gasteiger charge is 2.21. The Kier molecular flexibility index (Phi) is 3.21. The van der Waals surface area contributed by atoms with Crippen molar-refractivity contribution in [1.29, 1.82) is 0 Å². The van der Waals surface area contributed by atoms with E-state index in [-0.39, 0.29) is 10.7 Å². The lowest BCUT2D eigenvalue weighted by atomic mass is 10.2. The first kappa shape index (κ1) is 13.0. The minimum Gasteiger partial charge on any atom is -0.478 e. The maximum atomic E-state index is 13.4. The Morgan fingerprint density at radius 2 is 2.11 bits per heavy atom. The molecule has 0 aliphatic carbocycles. The van der Waals surface area contributed by atoms with E-state index >= 15 is 0 Å². The topological polar surface area (TPSA) is 112 Å². The predicted octanol–water partition coefficient (Wildman–Crippen LogP) is 1.05. The molecule has 1 aromatic carbocycles. The zero-order valence-electron chi connectivity index (χ0n) is 9.29. The first-order valence-electron chi connectivity index (χ1n) is 4.96. The molecule has 1 heterocycles. The number of rotatable bonds is 4. The summed E-state index contributed by atoms with van der Waals surface area (Å²) < 4.78 is 39.1. The van der Waals surface area contributed by atoms with Crippen molar-refractivity contribution in [1.82, 2.24) is 10.2 Å². The van der Waals surface area contributed by atoms with Crippen molar-refractivity contribution in [3.05, 3.63) is 41.8 Å². The summed E-state index contributed by atoms with van der Waals surface area (Å²) in [4.78, 5) is 10.9. The van der Waals surface area contributed by atoms with Crippen molar-refractivity contribution in [3.8, 4) is 0 Å². The molecule has 2 rings (SSSR count). The third-order valence-corrected chi connectivity index (χ3v) is 3.53. The number of sulfonamides is 1. The highest BCUT2D eigenvalue weighted by molar-refractivity contribution is 7.92. The Bertz CT molecular complexity index is 712. The average Bonchev–Trinajstić information content (AvgIpc) is 2.81. The van der Waals surface area contributed by atoms with Gasteiger partial charge in [-0.3, -0.25) is 9.82 Å². The van der Waals surface area contributed by atoms with Gasteiger partial charge in [0.15, 0.2) is 5.03 Å². The van der Waals surface area contributed by atoms with E-state index in [4.69, 9.17) is 5.11 Å². The number of carboxylic acids is 1. The number of carboxylic acid groups (broad SMARTS) is 1. The summed E-state index contributed by atoms with van der Waals surface area (Å²) in [5.74, 6) is -2.60. The minimum absolute atomic E-state index is 0.256. The summed E-state index contributed by atoms with van der Waals surface area (Å²) >= 11 is 0. The van der Waals surface area contributed by atoms with E-state index in [9.17, 15) is 17.6 Å². The zero-order chi connectivity index (χ0) is 14.0. The molecule has 100 valence electrons. The van der Waals surface area contributed by atoms with Crippen LogP contribution < -0.4 is 4.72 Å². The van der Waals surface area contributed by atoms with Gasteiger partial charge < -0.3 is 5.11 Å². The molecule has 0 bridgehead atoms. The van der Waals surface area contributed by atoms with Gasteiger partial charge in [0.1, 0.15) is 11.4 Å². The monoisotopic (exact) mass is 285 g/mol. The van der Waals surface area contributed by atoms with E-state index in [2.05, 4.69) is 10.2 Å². The van der Waals surface area contributed by atoms with E-state index in [1.165, 1.54) is 18.3 Å². The second kappa shape index (κ2) is 4.69. The summed E-state index contributed by atoms with van der Waals surface area (Å²) in [7, 11) is -4.04. The molecule has 0 radical (unpaired) electrons. The first-order chi connectivity index (χ1) is 8.92. The van der Waals surface area contributed by atoms with Crippen LogP contribution in [-0.2, 0) is 10.0 Å². The second-order valence-corrected chi connectivity index (χ2v) is 5.14. The Hall–Kier alpha value is -2.42. The molecule has 0 unspecified atom stereocenters. The smallest absolute Gasteiger partial charge is 0.340 e. The van der Waals surface area contributed by atoms with E-state index in [0.29, 0.717) is 0 Å². The number of anilines is 1. The van der Waals surface area contributed by atoms with Crippen LogP contribution in [-0.4, -0.2) is 29.7 Å². The maximum Gasteiger partial charge on any atom is 0.340 e. The van der Waals surface area contributed by atoms with E-state index in [1.54, 1.807) is 0 Å². The molecule has 0 amide bonds. The van der Waals surface area contributed by atoms with Gasteiger partial charge in [0, 0.05) is 0 Å². The molecule has 0 aliphatic rings. The van der Waals surface area contributed by atoms with Gasteiger partial charge in [-0.15, -0.1) is 0 Å². The summed E-state index contributed by atoms with van der Waals surface area (Å²) in [6, 6.07) is 4.46. The van der Waals surface area contributed by atoms with Crippen molar-refractivity contribution in [2.24, 2.45) is 0 Å². The van der Waals surface area contributed by atoms with Gasteiger partial charge >= 0.3 is 5.97 Å². The van der Waals surface area contributed by atoms with E-state index < -0.39 is 27.4 Å². The molecule has 19 heavy (non-hydrogen) atoms. The Morgan fingerprint density at radius 1 is 1.37 bits per heavy atom. The number of carbonyl (C=O) groups is 1. The lowest BCUT2D eigenvalue weighted by Crippen LogP contribution is -2.16. The molecular formula is C10H8FN3O4S. The summed E-state index contributed by atoms with van der Waals surface area (Å²) in [6.45, 7) is 0. The quantitative estimate of drug-likeness (QED) is 0.777. The van der Waals surface area contributed by atoms with Crippen LogP contribution in [0.2, 0.25) is 0 Å². The van der Waals surface area contributed by atoms with Gasteiger partial charge in [0.25, 0.3) is 10.0 Å². The predicted molar refractivity (Wildman–Crippen MR) is 62.8 cm³/mol. The third kappa shape index (κ3) is 2.55. The fourth-order valence-corrected chi connectivity index (χ4v) is 2.40. The van der Waals surface area contributed by atoms with Gasteiger partial charge in [0.05, 0.1) is 11.9 Å². The van der Waals surface area contributed by atoms with Gasteiger partial charge in [-0.05, 0) is 18.2 Å². The van der Waals surface area contributed by atoms with Crippen LogP contribution in [0.15, 0.2) is 35.5 Å². The summed E-state index contributed by atoms with van der Waals surface area (Å²) in [6.07, 6.45) is 1.22. The number of aromatic carboxylic acids is 1. The van der Waals surface area contributed by atoms with Gasteiger partial charge in [0.2, 0.25) is 0 Å². The second-order valence-electron chi connectivity index (χ2n) is 3.49. The lowest BCUT2D eigenvalue weighted by molar-refractivity contribution is 0.0693. The number of nitrogens with one attached hydrogen (secondary N) is 2. The van der Waals surface area contributed by atoms with Crippen molar-refractivity contribution < 1.29 is 22.7 Å². The standard InChI is InChI=1S/C10H8FN3O4S/c11-6-2-1-3-7(9(6)10(15)16)14-19(17,18)8-4-5-12-13-8/h1-5,14H,(H,12,13)(H,15,16). The molecule has 0 saturated heterocycles. The number of halogens is 1. The van der Waals surface area contributed by atoms with Crippen LogP contribution >= 0.6 is 0 Å². The molecular weight excluding hydrogens is 277 g/mol. The van der Waals surface area contributed by atoms with Crippen LogP contribution in [0.25, 0.3) is 0 Å². The first-order valence-corrected chi connectivity index (χ1v) is 6.44. The Balaban J connectivity index is 2.45. The highest BCUT2D eigenvalue weighted by atomic mass is 32.2. The van der Waals surface area contributed by atoms with Crippen molar-refractivity contribution in [2.75, 3.05) is 4.72 Å². The van der Waals surface area contributed by atoms with Crippen LogP contribution in [0.5, 0.6) is 0 Å². The number of hydrogen-bond acceptors (Lipinski definition) is 4. The molecule has 0 atom stereocenters. The molecule has 2 aromatic rings. The van der Waals surface area contributed by atoms with E-state index in [0.717, 1.165) is 12.1 Å². The van der Waals surface area contributed by atoms with Crippen molar-refractivity contribution >= 4 is 21.7 Å². The molecule has 7 nitrogen and oxygen atoms in total. The van der Waals surface area contributed by atoms with Crippen LogP contribution in [0.1, 0.15) is 10.4 Å². The number of nitrogens with zero attached hydrogens (tertiary/aromatic N) is 1. The maximum absolute atomic E-state index is 13.4. The number of H-pyrrole nitrogens is 1. The largest absolute Gasteiger partial charge is 0.478 e. The fraction of sp³-hybridized carbons (Fsp3) is 0. The number of aromatic nitrogens is 2. The molecule has 1 aromatic heterocycles. The number of aromatic amines is 1. The number of hydrogen-bond donors (Lipinski definition) is 3. The summed E-state index contributed by atoms with van der Waals surface area (Å²) in [5, 5.41) is 14.3. The van der Waals surface area contributed by atoms with Gasteiger partial charge in [-0.25, -0.2) is 9.18 Å². The molecule has 9 heteroatoms. The minimum atomic E-state index is -4.04. The SMILES string of the molecule is O=C(O)c1c(F)cccc1NS(=O)(=O)c1ccn[nH]1. The number of benzene rings is 1. The van der Waals surface area contributed by atoms with Gasteiger partial charge in [-0.2, -0.15) is 13.5 Å². The van der Waals surface area contributed by atoms with Crippen LogP contribution in [0.3, 0.4) is 0 Å². The van der Waals surface area contributed by atoms with Crippen LogP contribution in [0, 0.1) is 5.82 Å². The molecule has 0 aliphatic heterocycles. The molecule has 0 spiro atoms. The van der Waals surface area contributed by atoms with Crippen molar-refractivity contribution in [3.63, 3.8) is 0 Å². The third-order valence-electron chi connectivity index (χ3n) is 2.24. The van der Waals surface area contributed by atoms with Gasteiger partial charge in [-0.1, -0.05) is 6.07 Å².